The zero-order valence-electron chi connectivity index (χ0n) is 16.0. The number of esters is 1. The molecule has 0 amide bonds. The van der Waals surface area contributed by atoms with Crippen LogP contribution in [0, 0.1) is 11.8 Å². The molecule has 0 aromatic heterocycles. The third-order valence-corrected chi connectivity index (χ3v) is 9.54. The summed E-state index contributed by atoms with van der Waals surface area (Å²) in [5, 5.41) is 0.0782. The fraction of sp³-hybridized carbons (Fsp3) is 0.941. The van der Waals surface area contributed by atoms with Gasteiger partial charge in [0.2, 0.25) is 0 Å². The van der Waals surface area contributed by atoms with Crippen LogP contribution in [0.25, 0.3) is 0 Å². The first-order valence-electron chi connectivity index (χ1n) is 8.49. The Morgan fingerprint density at radius 3 is 2.05 bits per heavy atom. The first-order chi connectivity index (χ1) is 9.89. The Labute approximate surface area is 138 Å². The Morgan fingerprint density at radius 1 is 1.18 bits per heavy atom. The number of rotatable bonds is 8. The molecule has 0 spiro atoms. The number of carbonyl (C=O) groups is 1. The van der Waals surface area contributed by atoms with Crippen molar-refractivity contribution in [1.82, 2.24) is 0 Å². The molecule has 0 aliphatic carbocycles. The first-order valence-corrected chi connectivity index (χ1v) is 11.4. The van der Waals surface area contributed by atoms with Crippen LogP contribution in [0.2, 0.25) is 18.1 Å². The molecule has 0 aliphatic rings. The van der Waals surface area contributed by atoms with Gasteiger partial charge in [0, 0.05) is 6.04 Å². The highest BCUT2D eigenvalue weighted by molar-refractivity contribution is 6.74. The van der Waals surface area contributed by atoms with Gasteiger partial charge in [-0.15, -0.1) is 0 Å². The highest BCUT2D eigenvalue weighted by Gasteiger charge is 2.43. The Kier molecular flexibility index (Phi) is 8.31. The highest BCUT2D eigenvalue weighted by Crippen LogP contribution is 2.39. The topological polar surface area (TPSA) is 61.5 Å². The molecule has 0 aliphatic heterocycles. The molecular weight excluding hydrogens is 294 g/mol. The van der Waals surface area contributed by atoms with Gasteiger partial charge in [-0.25, -0.2) is 0 Å². The maximum absolute atomic E-state index is 12.2. The standard InChI is InChI=1S/C17H37NO3Si/c1-10-12(3)14(18)15(13(4)16(19)20-11-2)21-22(8,9)17(5,6)7/h12-15H,10-11,18H2,1-9H3/t12-,13+,14-,15-/m0/s1. The molecule has 22 heavy (non-hydrogen) atoms. The van der Waals surface area contributed by atoms with E-state index in [1.807, 2.05) is 13.8 Å². The lowest BCUT2D eigenvalue weighted by Gasteiger charge is -2.43. The van der Waals surface area contributed by atoms with Gasteiger partial charge in [-0.05, 0) is 37.9 Å². The van der Waals surface area contributed by atoms with Gasteiger partial charge < -0.3 is 14.9 Å². The maximum atomic E-state index is 12.2. The lowest BCUT2D eigenvalue weighted by Crippen LogP contribution is -2.54. The Morgan fingerprint density at radius 2 is 1.68 bits per heavy atom. The van der Waals surface area contributed by atoms with E-state index in [1.54, 1.807) is 0 Å². The van der Waals surface area contributed by atoms with Crippen molar-refractivity contribution in [2.24, 2.45) is 17.6 Å². The van der Waals surface area contributed by atoms with Gasteiger partial charge in [-0.1, -0.05) is 41.0 Å². The smallest absolute Gasteiger partial charge is 0.311 e. The van der Waals surface area contributed by atoms with Crippen LogP contribution in [0.5, 0.6) is 0 Å². The fourth-order valence-electron chi connectivity index (χ4n) is 2.03. The second-order valence-corrected chi connectivity index (χ2v) is 12.6. The van der Waals surface area contributed by atoms with Gasteiger partial charge in [0.25, 0.3) is 0 Å². The third kappa shape index (κ3) is 5.67. The van der Waals surface area contributed by atoms with Crippen LogP contribution >= 0.6 is 0 Å². The minimum absolute atomic E-state index is 0.0782. The van der Waals surface area contributed by atoms with E-state index in [4.69, 9.17) is 14.9 Å². The van der Waals surface area contributed by atoms with Gasteiger partial charge >= 0.3 is 5.97 Å². The molecular formula is C17H37NO3Si. The highest BCUT2D eigenvalue weighted by atomic mass is 28.4. The monoisotopic (exact) mass is 331 g/mol. The normalized spacial score (nSPS) is 18.5. The maximum Gasteiger partial charge on any atom is 0.311 e. The van der Waals surface area contributed by atoms with E-state index in [0.717, 1.165) is 6.42 Å². The number of hydrogen-bond donors (Lipinski definition) is 1. The molecule has 0 fully saturated rings. The molecule has 5 heteroatoms. The van der Waals surface area contributed by atoms with Gasteiger partial charge in [-0.2, -0.15) is 0 Å². The summed E-state index contributed by atoms with van der Waals surface area (Å²) in [5.74, 6) is -0.269. The van der Waals surface area contributed by atoms with E-state index in [0.29, 0.717) is 12.5 Å². The van der Waals surface area contributed by atoms with Crippen molar-refractivity contribution < 1.29 is 14.0 Å². The summed E-state index contributed by atoms with van der Waals surface area (Å²) in [7, 11) is -2.01. The summed E-state index contributed by atoms with van der Waals surface area (Å²) in [6.45, 7) is 19.3. The SMILES string of the molecule is CCOC(=O)[C@H](C)[C@H](O[Si](C)(C)C(C)(C)C)[C@@H](N)[C@@H](C)CC. The zero-order chi connectivity index (χ0) is 17.7. The van der Waals surface area contributed by atoms with Crippen molar-refractivity contribution in [2.75, 3.05) is 6.61 Å². The quantitative estimate of drug-likeness (QED) is 0.540. The van der Waals surface area contributed by atoms with Crippen LogP contribution in [0.15, 0.2) is 0 Å². The number of carbonyl (C=O) groups excluding carboxylic acids is 1. The number of nitrogens with two attached hydrogens (primary N) is 1. The van der Waals surface area contributed by atoms with E-state index in [-0.39, 0.29) is 29.1 Å². The molecule has 0 aromatic carbocycles. The van der Waals surface area contributed by atoms with E-state index in [1.165, 1.54) is 0 Å². The van der Waals surface area contributed by atoms with Crippen molar-refractivity contribution in [3.8, 4) is 0 Å². The van der Waals surface area contributed by atoms with Gasteiger partial charge in [0.1, 0.15) is 0 Å². The largest absolute Gasteiger partial charge is 0.466 e. The fourth-order valence-corrected chi connectivity index (χ4v) is 3.43. The predicted molar refractivity (Wildman–Crippen MR) is 95.3 cm³/mol. The predicted octanol–water partition coefficient (Wildman–Crippen LogP) is 3.95. The first kappa shape index (κ1) is 21.6. The Hall–Kier alpha value is -0.393. The zero-order valence-corrected chi connectivity index (χ0v) is 17.0. The molecule has 0 rings (SSSR count). The van der Waals surface area contributed by atoms with Crippen LogP contribution in [-0.4, -0.2) is 33.0 Å². The summed E-state index contributed by atoms with van der Waals surface area (Å²) >= 11 is 0. The molecule has 0 heterocycles. The second kappa shape index (κ2) is 8.46. The molecule has 0 saturated carbocycles. The van der Waals surface area contributed by atoms with Crippen molar-refractivity contribution in [2.45, 2.75) is 85.2 Å². The summed E-state index contributed by atoms with van der Waals surface area (Å²) in [5.41, 5.74) is 6.45. The lowest BCUT2D eigenvalue weighted by atomic mass is 9.89. The van der Waals surface area contributed by atoms with Crippen LogP contribution in [0.1, 0.15) is 54.9 Å². The molecule has 0 saturated heterocycles. The lowest BCUT2D eigenvalue weighted by molar-refractivity contribution is -0.151. The minimum Gasteiger partial charge on any atom is -0.466 e. The van der Waals surface area contributed by atoms with E-state index in [9.17, 15) is 4.79 Å². The summed E-state index contributed by atoms with van der Waals surface area (Å²) in [6.07, 6.45) is 0.670. The average Bonchev–Trinajstić information content (AvgIpc) is 2.41. The van der Waals surface area contributed by atoms with Crippen molar-refractivity contribution in [1.29, 1.82) is 0 Å². The van der Waals surface area contributed by atoms with Gasteiger partial charge in [0.05, 0.1) is 18.6 Å². The Balaban J connectivity index is 5.39. The molecule has 0 unspecified atom stereocenters. The average molecular weight is 332 g/mol. The van der Waals surface area contributed by atoms with E-state index < -0.39 is 8.32 Å². The van der Waals surface area contributed by atoms with Crippen LogP contribution in [-0.2, 0) is 14.0 Å². The molecule has 2 N–H and O–H groups in total. The van der Waals surface area contributed by atoms with Crippen LogP contribution in [0.3, 0.4) is 0 Å². The van der Waals surface area contributed by atoms with Gasteiger partial charge in [0.15, 0.2) is 8.32 Å². The van der Waals surface area contributed by atoms with Crippen molar-refractivity contribution >= 4 is 14.3 Å². The second-order valence-electron chi connectivity index (χ2n) is 7.85. The molecule has 0 radical (unpaired) electrons. The number of ether oxygens (including phenoxy) is 1. The molecule has 4 atom stereocenters. The van der Waals surface area contributed by atoms with Crippen molar-refractivity contribution in [3.63, 3.8) is 0 Å². The molecule has 0 aromatic rings. The minimum atomic E-state index is -2.01. The van der Waals surface area contributed by atoms with E-state index in [2.05, 4.69) is 47.7 Å². The summed E-state index contributed by atoms with van der Waals surface area (Å²) in [4.78, 5) is 12.2. The summed E-state index contributed by atoms with van der Waals surface area (Å²) < 4.78 is 11.7. The molecule has 0 bridgehead atoms. The van der Waals surface area contributed by atoms with E-state index >= 15 is 0 Å². The van der Waals surface area contributed by atoms with Crippen LogP contribution < -0.4 is 5.73 Å². The summed E-state index contributed by atoms with van der Waals surface area (Å²) in [6, 6.07) is -0.168. The number of hydrogen-bond acceptors (Lipinski definition) is 4. The Bertz CT molecular complexity index is 352. The molecule has 132 valence electrons. The van der Waals surface area contributed by atoms with Crippen LogP contribution in [0.4, 0.5) is 0 Å². The third-order valence-electron chi connectivity index (χ3n) is 5.07. The van der Waals surface area contributed by atoms with Crippen molar-refractivity contribution in [3.05, 3.63) is 0 Å². The van der Waals surface area contributed by atoms with Gasteiger partial charge in [-0.3, -0.25) is 4.79 Å². The molecule has 4 nitrogen and oxygen atoms in total.